The molecule has 0 spiro atoms. The Kier molecular flexibility index (Phi) is 25.6. The van der Waals surface area contributed by atoms with Gasteiger partial charge in [0.2, 0.25) is 5.91 Å². The molecule has 0 saturated carbocycles. The SMILES string of the molecule is CCCCCCCCCCCCCCCCCCSCCO[C@H]1O[C@H](CO)[C@@H](O[C@@H]2O[C@H](CO)[C@H](O[C@@H]3O[C@H](CO)[C@H](O)[C@H](O)[C@H]3O)[C@H](O)[C@H]2O)[C@H](O)[C@@H]1NC(C)=O. The van der Waals surface area contributed by atoms with Gasteiger partial charge in [-0.25, -0.2) is 0 Å². The Balaban J connectivity index is 1.39. The number of aliphatic hydroxyl groups is 9. The minimum Gasteiger partial charge on any atom is -0.394 e. The molecule has 18 heteroatoms. The molecule has 15 atom stereocenters. The van der Waals surface area contributed by atoms with Crippen LogP contribution in [0.1, 0.15) is 117 Å². The Hall–Kier alpha value is -0.780. The average molecular weight is 858 g/mol. The highest BCUT2D eigenvalue weighted by Crippen LogP contribution is 2.33. The van der Waals surface area contributed by atoms with E-state index in [4.69, 9.17) is 28.4 Å². The summed E-state index contributed by atoms with van der Waals surface area (Å²) in [5.74, 6) is 1.11. The van der Waals surface area contributed by atoms with Crippen LogP contribution in [0, 0.1) is 0 Å². The second kappa shape index (κ2) is 28.7. The van der Waals surface area contributed by atoms with E-state index in [1.807, 2.05) is 0 Å². The largest absolute Gasteiger partial charge is 0.394 e. The summed E-state index contributed by atoms with van der Waals surface area (Å²) in [5, 5.41) is 96.4. The molecule has 17 nitrogen and oxygen atoms in total. The zero-order valence-corrected chi connectivity index (χ0v) is 35.3. The van der Waals surface area contributed by atoms with Crippen LogP contribution >= 0.6 is 11.8 Å². The molecule has 3 fully saturated rings. The summed E-state index contributed by atoms with van der Waals surface area (Å²) in [7, 11) is 0. The first-order valence-electron chi connectivity index (χ1n) is 21.6. The standard InChI is InChI=1S/C40H75NO16S/c1-3-4-5-6-7-8-9-10-11-12-13-14-15-16-17-18-20-58-21-19-52-38-29(41-25(2)45)31(47)36(27(23-43)54-38)56-40-35(51)33(49)37(28(24-44)55-40)57-39-34(50)32(48)30(46)26(22-42)53-39/h26-40,42-44,46-51H,3-24H2,1-2H3,(H,41,45)/t26-,27-,28-,29+,30+,31-,32+,33-,34-,35-,36-,37+,38+,39+,40+/m1/s1. The van der Waals surface area contributed by atoms with Gasteiger partial charge in [0.25, 0.3) is 0 Å². The van der Waals surface area contributed by atoms with E-state index in [0.29, 0.717) is 5.75 Å². The summed E-state index contributed by atoms with van der Waals surface area (Å²) in [6.45, 7) is 1.54. The number of hydrogen-bond acceptors (Lipinski definition) is 17. The van der Waals surface area contributed by atoms with Crippen molar-refractivity contribution >= 4 is 17.7 Å². The molecule has 1 amide bonds. The Labute approximate surface area is 348 Å². The molecule has 10 N–H and O–H groups in total. The molecule has 0 aliphatic carbocycles. The molecule has 0 unspecified atom stereocenters. The van der Waals surface area contributed by atoms with E-state index in [9.17, 15) is 50.8 Å². The van der Waals surface area contributed by atoms with E-state index in [2.05, 4.69) is 12.2 Å². The van der Waals surface area contributed by atoms with Gasteiger partial charge in [0.1, 0.15) is 73.2 Å². The first-order valence-corrected chi connectivity index (χ1v) is 22.8. The maximum absolute atomic E-state index is 12.1. The minimum atomic E-state index is -1.90. The van der Waals surface area contributed by atoms with Crippen molar-refractivity contribution in [2.24, 2.45) is 0 Å². The van der Waals surface area contributed by atoms with Crippen LogP contribution in [-0.2, 0) is 33.2 Å². The zero-order valence-electron chi connectivity index (χ0n) is 34.5. The fourth-order valence-corrected chi connectivity index (χ4v) is 8.49. The highest BCUT2D eigenvalue weighted by molar-refractivity contribution is 7.99. The Morgan fingerprint density at radius 1 is 0.534 bits per heavy atom. The molecule has 3 saturated heterocycles. The number of hydrogen-bond donors (Lipinski definition) is 10. The van der Waals surface area contributed by atoms with Crippen molar-refractivity contribution in [1.29, 1.82) is 0 Å². The van der Waals surface area contributed by atoms with E-state index in [1.54, 1.807) is 11.8 Å². The predicted molar refractivity (Wildman–Crippen MR) is 213 cm³/mol. The first kappa shape index (κ1) is 51.6. The van der Waals surface area contributed by atoms with Gasteiger partial charge in [0, 0.05) is 12.7 Å². The lowest BCUT2D eigenvalue weighted by atomic mass is 9.95. The topological polar surface area (TPSA) is 267 Å². The number of aliphatic hydroxyl groups excluding tert-OH is 9. The number of ether oxygens (including phenoxy) is 6. The smallest absolute Gasteiger partial charge is 0.217 e. The van der Waals surface area contributed by atoms with Gasteiger partial charge >= 0.3 is 0 Å². The monoisotopic (exact) mass is 857 g/mol. The molecule has 342 valence electrons. The lowest BCUT2D eigenvalue weighted by Crippen LogP contribution is -2.68. The highest BCUT2D eigenvalue weighted by atomic mass is 32.2. The van der Waals surface area contributed by atoms with Crippen molar-refractivity contribution in [3.05, 3.63) is 0 Å². The van der Waals surface area contributed by atoms with Gasteiger partial charge in [-0.05, 0) is 12.2 Å². The summed E-state index contributed by atoms with van der Waals surface area (Å²) in [6, 6.07) is -1.16. The van der Waals surface area contributed by atoms with E-state index >= 15 is 0 Å². The van der Waals surface area contributed by atoms with Crippen LogP contribution in [0.4, 0.5) is 0 Å². The lowest BCUT2D eigenvalue weighted by molar-refractivity contribution is -0.374. The van der Waals surface area contributed by atoms with Gasteiger partial charge < -0.3 is 79.7 Å². The predicted octanol–water partition coefficient (Wildman–Crippen LogP) is 0.590. The lowest BCUT2D eigenvalue weighted by Gasteiger charge is -2.48. The van der Waals surface area contributed by atoms with Crippen LogP contribution in [0.15, 0.2) is 0 Å². The van der Waals surface area contributed by atoms with Gasteiger partial charge in [-0.3, -0.25) is 4.79 Å². The summed E-state index contributed by atoms with van der Waals surface area (Å²) in [4.78, 5) is 12.1. The molecule has 0 aromatic heterocycles. The van der Waals surface area contributed by atoms with Crippen molar-refractivity contribution in [2.45, 2.75) is 209 Å². The number of nitrogens with one attached hydrogen (secondary N) is 1. The summed E-state index contributed by atoms with van der Waals surface area (Å²) in [6.07, 6.45) is -1.13. The van der Waals surface area contributed by atoms with Crippen LogP contribution in [0.25, 0.3) is 0 Å². The minimum absolute atomic E-state index is 0.241. The third-order valence-electron chi connectivity index (χ3n) is 11.1. The molecule has 3 rings (SSSR count). The molecular formula is C40H75NO16S. The summed E-state index contributed by atoms with van der Waals surface area (Å²) < 4.78 is 34.3. The molecule has 58 heavy (non-hydrogen) atoms. The fraction of sp³-hybridized carbons (Fsp3) is 0.975. The molecule has 0 radical (unpaired) electrons. The number of unbranched alkanes of at least 4 members (excludes halogenated alkanes) is 15. The Morgan fingerprint density at radius 3 is 1.45 bits per heavy atom. The van der Waals surface area contributed by atoms with Gasteiger partial charge in [0.05, 0.1) is 26.4 Å². The Bertz CT molecular complexity index is 1080. The number of amides is 1. The van der Waals surface area contributed by atoms with Gasteiger partial charge in [-0.2, -0.15) is 11.8 Å². The van der Waals surface area contributed by atoms with Crippen LogP contribution in [0.3, 0.4) is 0 Å². The molecule has 3 heterocycles. The van der Waals surface area contributed by atoms with Crippen LogP contribution in [0.2, 0.25) is 0 Å². The molecule has 0 aromatic rings. The fourth-order valence-electron chi connectivity index (χ4n) is 7.67. The van der Waals surface area contributed by atoms with Crippen molar-refractivity contribution in [3.8, 4) is 0 Å². The number of carbonyl (C=O) groups is 1. The van der Waals surface area contributed by atoms with E-state index in [0.717, 1.165) is 12.2 Å². The molecule has 3 aliphatic heterocycles. The third kappa shape index (κ3) is 16.5. The molecular weight excluding hydrogens is 782 g/mol. The third-order valence-corrected chi connectivity index (χ3v) is 12.2. The number of thioether (sulfide) groups is 1. The molecule has 0 aromatic carbocycles. The second-order valence-electron chi connectivity index (χ2n) is 15.8. The van der Waals surface area contributed by atoms with Crippen molar-refractivity contribution in [3.63, 3.8) is 0 Å². The van der Waals surface area contributed by atoms with E-state index < -0.39 is 118 Å². The van der Waals surface area contributed by atoms with Crippen LogP contribution < -0.4 is 5.32 Å². The van der Waals surface area contributed by atoms with Crippen LogP contribution in [-0.4, -0.2) is 182 Å². The quantitative estimate of drug-likeness (QED) is 0.0462. The zero-order chi connectivity index (χ0) is 42.5. The van der Waals surface area contributed by atoms with E-state index in [1.165, 1.54) is 103 Å². The van der Waals surface area contributed by atoms with Crippen molar-refractivity contribution in [2.75, 3.05) is 37.9 Å². The molecule has 0 bridgehead atoms. The normalized spacial score (nSPS) is 35.6. The Morgan fingerprint density at radius 2 is 0.966 bits per heavy atom. The van der Waals surface area contributed by atoms with Crippen molar-refractivity contribution in [1.82, 2.24) is 5.32 Å². The molecule has 3 aliphatic rings. The highest BCUT2D eigenvalue weighted by Gasteiger charge is 2.53. The number of rotatable bonds is 29. The second-order valence-corrected chi connectivity index (χ2v) is 17.1. The maximum atomic E-state index is 12.1. The van der Waals surface area contributed by atoms with Crippen molar-refractivity contribution < 1.29 is 79.2 Å². The summed E-state index contributed by atoms with van der Waals surface area (Å²) >= 11 is 1.73. The van der Waals surface area contributed by atoms with Gasteiger partial charge in [0.15, 0.2) is 18.9 Å². The summed E-state index contributed by atoms with van der Waals surface area (Å²) in [5.41, 5.74) is 0. The van der Waals surface area contributed by atoms with E-state index in [-0.39, 0.29) is 6.61 Å². The average Bonchev–Trinajstić information content (AvgIpc) is 3.21. The first-order chi connectivity index (χ1) is 28.0. The maximum Gasteiger partial charge on any atom is 0.217 e. The van der Waals surface area contributed by atoms with Gasteiger partial charge in [-0.1, -0.05) is 103 Å². The van der Waals surface area contributed by atoms with Crippen LogP contribution in [0.5, 0.6) is 0 Å². The van der Waals surface area contributed by atoms with Gasteiger partial charge in [-0.15, -0.1) is 0 Å². The number of carbonyl (C=O) groups excluding carboxylic acids is 1.